The molecule has 2 N–H and O–H groups in total. The van der Waals surface area contributed by atoms with Crippen LogP contribution < -0.4 is 4.74 Å². The van der Waals surface area contributed by atoms with Crippen molar-refractivity contribution in [1.82, 2.24) is 9.47 Å². The fourth-order valence-electron chi connectivity index (χ4n) is 4.41. The summed E-state index contributed by atoms with van der Waals surface area (Å²) in [4.78, 5) is 13.7. The van der Waals surface area contributed by atoms with E-state index in [1.165, 1.54) is 16.5 Å². The van der Waals surface area contributed by atoms with E-state index >= 15 is 0 Å². The molecule has 3 aromatic rings. The maximum atomic E-state index is 11.3. The van der Waals surface area contributed by atoms with Gasteiger partial charge in [-0.3, -0.25) is 4.90 Å². The van der Waals surface area contributed by atoms with Gasteiger partial charge in [-0.05, 0) is 55.6 Å². The number of fused-ring (bicyclic) bond motifs is 1. The second-order valence-corrected chi connectivity index (χ2v) is 7.78. The number of aromatic nitrogens is 1. The summed E-state index contributed by atoms with van der Waals surface area (Å²) < 4.78 is 7.91. The predicted molar refractivity (Wildman–Crippen MR) is 116 cm³/mol. The number of piperidine rings is 1. The van der Waals surface area contributed by atoms with Crippen LogP contribution in [0, 0.1) is 0 Å². The van der Waals surface area contributed by atoms with Crippen molar-refractivity contribution in [3.8, 4) is 5.75 Å². The first-order valence-electron chi connectivity index (χ1n) is 10.5. The molecule has 4 rings (SSSR count). The second kappa shape index (κ2) is 9.32. The fraction of sp³-hybridized carbons (Fsp3) is 0.375. The van der Waals surface area contributed by atoms with Gasteiger partial charge in [-0.25, -0.2) is 4.79 Å². The first-order valence-corrected chi connectivity index (χ1v) is 10.5. The Hall–Kier alpha value is -2.83. The van der Waals surface area contributed by atoms with Crippen molar-refractivity contribution in [2.45, 2.75) is 25.3 Å². The molecule has 0 aliphatic carbocycles. The first-order chi connectivity index (χ1) is 14.7. The van der Waals surface area contributed by atoms with Crippen molar-refractivity contribution in [2.24, 2.45) is 0 Å². The van der Waals surface area contributed by atoms with Crippen molar-refractivity contribution < 1.29 is 19.7 Å². The third-order valence-corrected chi connectivity index (χ3v) is 5.97. The van der Waals surface area contributed by atoms with Crippen molar-refractivity contribution in [1.29, 1.82) is 0 Å². The molecule has 0 atom stereocenters. The number of aromatic carboxylic acids is 1. The fourth-order valence-corrected chi connectivity index (χ4v) is 4.41. The Balaban J connectivity index is 1.34. The summed E-state index contributed by atoms with van der Waals surface area (Å²) in [6.07, 6.45) is 4.38. The molecule has 0 spiro atoms. The number of aliphatic hydroxyl groups is 1. The lowest BCUT2D eigenvalue weighted by Gasteiger charge is -2.31. The number of rotatable bonds is 8. The Morgan fingerprint density at radius 3 is 2.53 bits per heavy atom. The van der Waals surface area contributed by atoms with Crippen LogP contribution in [0.1, 0.15) is 34.7 Å². The minimum Gasteiger partial charge on any atom is -0.491 e. The number of benzene rings is 2. The highest BCUT2D eigenvalue weighted by Gasteiger charge is 2.23. The van der Waals surface area contributed by atoms with Crippen molar-refractivity contribution in [3.63, 3.8) is 0 Å². The molecule has 0 saturated carbocycles. The van der Waals surface area contributed by atoms with Crippen LogP contribution in [-0.2, 0) is 6.54 Å². The molecule has 0 radical (unpaired) electrons. The second-order valence-electron chi connectivity index (χ2n) is 7.78. The largest absolute Gasteiger partial charge is 0.491 e. The quantitative estimate of drug-likeness (QED) is 0.596. The molecule has 0 bridgehead atoms. The van der Waals surface area contributed by atoms with E-state index in [1.807, 2.05) is 6.07 Å². The topological polar surface area (TPSA) is 74.9 Å². The highest BCUT2D eigenvalue weighted by Crippen LogP contribution is 2.34. The van der Waals surface area contributed by atoms with Crippen molar-refractivity contribution >= 4 is 16.9 Å². The smallest absolute Gasteiger partial charge is 0.339 e. The molecular weight excluding hydrogens is 380 g/mol. The molecule has 6 nitrogen and oxygen atoms in total. The number of hydrogen-bond acceptors (Lipinski definition) is 4. The number of aliphatic hydroxyl groups excluding tert-OH is 1. The van der Waals surface area contributed by atoms with Crippen LogP contribution in [0.3, 0.4) is 0 Å². The maximum absolute atomic E-state index is 11.3. The lowest BCUT2D eigenvalue weighted by Crippen LogP contribution is -2.35. The molecule has 6 heteroatoms. The Labute approximate surface area is 176 Å². The molecule has 158 valence electrons. The van der Waals surface area contributed by atoms with E-state index in [4.69, 9.17) is 4.74 Å². The molecule has 1 saturated heterocycles. The number of carboxylic acids is 1. The zero-order chi connectivity index (χ0) is 20.9. The Morgan fingerprint density at radius 1 is 1.03 bits per heavy atom. The summed E-state index contributed by atoms with van der Waals surface area (Å²) in [5.74, 6) is -0.0249. The molecular formula is C24H28N2O4. The van der Waals surface area contributed by atoms with E-state index in [0.29, 0.717) is 24.8 Å². The third kappa shape index (κ3) is 4.35. The minimum absolute atomic E-state index is 0.140. The van der Waals surface area contributed by atoms with E-state index in [-0.39, 0.29) is 12.2 Å². The van der Waals surface area contributed by atoms with Gasteiger partial charge in [-0.1, -0.05) is 30.3 Å². The van der Waals surface area contributed by atoms with Gasteiger partial charge in [0, 0.05) is 30.2 Å². The SMILES string of the molecule is O=C(O)c1ccccc1OCCN1CCC(c2cn(CCO)c3ccccc23)CC1. The Kier molecular flexibility index (Phi) is 6.35. The summed E-state index contributed by atoms with van der Waals surface area (Å²) in [5, 5.41) is 19.9. The molecule has 0 unspecified atom stereocenters. The molecule has 1 aliphatic heterocycles. The molecule has 1 fully saturated rings. The summed E-state index contributed by atoms with van der Waals surface area (Å²) in [6, 6.07) is 15.2. The number of likely N-dealkylation sites (tertiary alicyclic amines) is 1. The first kappa shape index (κ1) is 20.4. The molecule has 1 aliphatic rings. The standard InChI is InChI=1S/C24H28N2O4/c27-15-13-26-17-21(19-5-1-3-7-22(19)26)18-9-11-25(12-10-18)14-16-30-23-8-4-2-6-20(23)24(28)29/h1-8,17-18,27H,9-16H2,(H,28,29). The van der Waals surface area contributed by atoms with Crippen LogP contribution >= 0.6 is 0 Å². The summed E-state index contributed by atoms with van der Waals surface area (Å²) >= 11 is 0. The minimum atomic E-state index is -0.966. The Bertz CT molecular complexity index is 1010. The summed E-state index contributed by atoms with van der Waals surface area (Å²) in [5.41, 5.74) is 2.77. The Morgan fingerprint density at radius 2 is 1.77 bits per heavy atom. The van der Waals surface area contributed by atoms with Crippen LogP contribution in [-0.4, -0.2) is 58.5 Å². The van der Waals surface area contributed by atoms with E-state index in [9.17, 15) is 15.0 Å². The number of carbonyl (C=O) groups is 1. The van der Waals surface area contributed by atoms with Crippen LogP contribution in [0.5, 0.6) is 5.75 Å². The van der Waals surface area contributed by atoms with E-state index < -0.39 is 5.97 Å². The number of carboxylic acid groups (broad SMARTS) is 1. The molecule has 1 aromatic heterocycles. The van der Waals surface area contributed by atoms with Crippen LogP contribution in [0.15, 0.2) is 54.7 Å². The summed E-state index contributed by atoms with van der Waals surface area (Å²) in [7, 11) is 0. The number of para-hydroxylation sites is 2. The molecule has 0 amide bonds. The van der Waals surface area contributed by atoms with Gasteiger partial charge in [0.1, 0.15) is 17.9 Å². The number of hydrogen-bond donors (Lipinski definition) is 2. The number of nitrogens with zero attached hydrogens (tertiary/aromatic N) is 2. The highest BCUT2D eigenvalue weighted by molar-refractivity contribution is 5.90. The average Bonchev–Trinajstić information content (AvgIpc) is 3.13. The van der Waals surface area contributed by atoms with E-state index in [0.717, 1.165) is 32.5 Å². The van der Waals surface area contributed by atoms with Crippen LogP contribution in [0.4, 0.5) is 0 Å². The van der Waals surface area contributed by atoms with Gasteiger partial charge in [0.2, 0.25) is 0 Å². The summed E-state index contributed by atoms with van der Waals surface area (Å²) in [6.45, 7) is 4.01. The normalized spacial score (nSPS) is 15.5. The van der Waals surface area contributed by atoms with Gasteiger partial charge in [0.05, 0.1) is 6.61 Å². The van der Waals surface area contributed by atoms with Crippen LogP contribution in [0.2, 0.25) is 0 Å². The zero-order valence-corrected chi connectivity index (χ0v) is 17.0. The molecule has 2 heterocycles. The lowest BCUT2D eigenvalue weighted by atomic mass is 9.89. The monoisotopic (exact) mass is 408 g/mol. The lowest BCUT2D eigenvalue weighted by molar-refractivity contribution is 0.0691. The van der Waals surface area contributed by atoms with Gasteiger partial charge >= 0.3 is 5.97 Å². The van der Waals surface area contributed by atoms with Gasteiger partial charge < -0.3 is 19.5 Å². The van der Waals surface area contributed by atoms with Gasteiger partial charge in [0.15, 0.2) is 0 Å². The van der Waals surface area contributed by atoms with E-state index in [2.05, 4.69) is 33.9 Å². The van der Waals surface area contributed by atoms with Crippen molar-refractivity contribution in [3.05, 3.63) is 65.9 Å². The van der Waals surface area contributed by atoms with E-state index in [1.54, 1.807) is 24.3 Å². The van der Waals surface area contributed by atoms with Gasteiger partial charge in [0.25, 0.3) is 0 Å². The predicted octanol–water partition coefficient (Wildman–Crippen LogP) is 3.59. The van der Waals surface area contributed by atoms with Gasteiger partial charge in [-0.15, -0.1) is 0 Å². The molecule has 30 heavy (non-hydrogen) atoms. The number of ether oxygens (including phenoxy) is 1. The van der Waals surface area contributed by atoms with Crippen molar-refractivity contribution in [2.75, 3.05) is 32.8 Å². The highest BCUT2D eigenvalue weighted by atomic mass is 16.5. The maximum Gasteiger partial charge on any atom is 0.339 e. The molecule has 2 aromatic carbocycles. The van der Waals surface area contributed by atoms with Crippen LogP contribution in [0.25, 0.3) is 10.9 Å². The third-order valence-electron chi connectivity index (χ3n) is 5.97. The van der Waals surface area contributed by atoms with Gasteiger partial charge in [-0.2, -0.15) is 0 Å². The average molecular weight is 408 g/mol. The zero-order valence-electron chi connectivity index (χ0n) is 17.0.